The summed E-state index contributed by atoms with van der Waals surface area (Å²) in [5.74, 6) is 4.58. The molecule has 0 spiro atoms. The van der Waals surface area contributed by atoms with Crippen molar-refractivity contribution in [3.63, 3.8) is 0 Å². The maximum Gasteiger partial charge on any atom is 0.235 e. The highest BCUT2D eigenvalue weighted by molar-refractivity contribution is 5.45. The van der Waals surface area contributed by atoms with Gasteiger partial charge in [-0.1, -0.05) is 83.1 Å². The Balaban J connectivity index is 3.60. The topological polar surface area (TPSA) is 104 Å². The second-order valence-corrected chi connectivity index (χ2v) is 16.2. The van der Waals surface area contributed by atoms with Crippen LogP contribution in [0.2, 0.25) is 0 Å². The van der Waals surface area contributed by atoms with Crippen molar-refractivity contribution in [1.29, 1.82) is 0 Å². The minimum Gasteiger partial charge on any atom is -0.361 e. The van der Waals surface area contributed by atoms with E-state index in [0.717, 1.165) is 38.5 Å². The van der Waals surface area contributed by atoms with E-state index < -0.39 is 0 Å². The SMILES string of the molecule is CC(C)CCOCN(COCCC(C)C)c1nc(N(COCCC(C)C)COCCC(C)C)nc(N(COCCC(C)C)COCCC(C)C)n1. The molecule has 300 valence electrons. The summed E-state index contributed by atoms with van der Waals surface area (Å²) in [4.78, 5) is 20.8. The van der Waals surface area contributed by atoms with Gasteiger partial charge in [-0.25, -0.2) is 0 Å². The maximum absolute atomic E-state index is 6.17. The highest BCUT2D eigenvalue weighted by Gasteiger charge is 2.22. The number of anilines is 3. The summed E-state index contributed by atoms with van der Waals surface area (Å²) < 4.78 is 37.0. The molecule has 1 heterocycles. The largest absolute Gasteiger partial charge is 0.361 e. The van der Waals surface area contributed by atoms with Gasteiger partial charge in [-0.2, -0.15) is 15.0 Å². The maximum atomic E-state index is 6.17. The lowest BCUT2D eigenvalue weighted by molar-refractivity contribution is 0.0723. The van der Waals surface area contributed by atoms with Crippen LogP contribution >= 0.6 is 0 Å². The Labute approximate surface area is 312 Å². The first-order valence-electron chi connectivity index (χ1n) is 19.8. The summed E-state index contributed by atoms with van der Waals surface area (Å²) in [6, 6.07) is 0. The van der Waals surface area contributed by atoms with Gasteiger partial charge < -0.3 is 28.4 Å². The van der Waals surface area contributed by atoms with Crippen LogP contribution in [0.4, 0.5) is 17.8 Å². The Morgan fingerprint density at radius 2 is 0.471 bits per heavy atom. The summed E-state index contributed by atoms with van der Waals surface area (Å²) in [5, 5.41) is 0. The third kappa shape index (κ3) is 24.9. The molecule has 0 N–H and O–H groups in total. The highest BCUT2D eigenvalue weighted by Crippen LogP contribution is 2.21. The first-order chi connectivity index (χ1) is 24.3. The van der Waals surface area contributed by atoms with Crippen LogP contribution in [0.1, 0.15) is 122 Å². The Hall–Kier alpha value is -1.83. The van der Waals surface area contributed by atoms with Gasteiger partial charge in [0.1, 0.15) is 40.4 Å². The van der Waals surface area contributed by atoms with E-state index in [0.29, 0.717) is 93.0 Å². The molecule has 1 aromatic rings. The van der Waals surface area contributed by atoms with E-state index in [1.807, 2.05) is 14.7 Å². The van der Waals surface area contributed by atoms with Crippen LogP contribution < -0.4 is 14.7 Å². The molecule has 0 amide bonds. The quantitative estimate of drug-likeness (QED) is 0.0513. The Morgan fingerprint density at radius 3 is 0.608 bits per heavy atom. The van der Waals surface area contributed by atoms with E-state index in [2.05, 4.69) is 83.1 Å². The predicted molar refractivity (Wildman–Crippen MR) is 209 cm³/mol. The van der Waals surface area contributed by atoms with Gasteiger partial charge in [0.2, 0.25) is 17.8 Å². The molecule has 51 heavy (non-hydrogen) atoms. The van der Waals surface area contributed by atoms with Crippen molar-refractivity contribution < 1.29 is 28.4 Å². The van der Waals surface area contributed by atoms with Gasteiger partial charge in [0.15, 0.2) is 0 Å². The molecule has 0 atom stereocenters. The number of aromatic nitrogens is 3. The van der Waals surface area contributed by atoms with Crippen molar-refractivity contribution in [2.75, 3.05) is 94.7 Å². The molecule has 12 heteroatoms. The van der Waals surface area contributed by atoms with Crippen LogP contribution in [0.15, 0.2) is 0 Å². The molecule has 1 rings (SSSR count). The molecule has 12 nitrogen and oxygen atoms in total. The van der Waals surface area contributed by atoms with Crippen molar-refractivity contribution in [3.05, 3.63) is 0 Å². The zero-order chi connectivity index (χ0) is 38.0. The van der Waals surface area contributed by atoms with Gasteiger partial charge in [0.25, 0.3) is 0 Å². The number of ether oxygens (including phenoxy) is 6. The second-order valence-electron chi connectivity index (χ2n) is 16.2. The molecule has 0 bridgehead atoms. The molecule has 0 aliphatic carbocycles. The number of hydrogen-bond acceptors (Lipinski definition) is 12. The zero-order valence-corrected chi connectivity index (χ0v) is 34.8. The van der Waals surface area contributed by atoms with Gasteiger partial charge in [0.05, 0.1) is 0 Å². The summed E-state index contributed by atoms with van der Waals surface area (Å²) in [6.07, 6.45) is 5.75. The third-order valence-corrected chi connectivity index (χ3v) is 7.97. The predicted octanol–water partition coefficient (Wildman–Crippen LogP) is 8.41. The van der Waals surface area contributed by atoms with Gasteiger partial charge in [-0.15, -0.1) is 0 Å². The monoisotopic (exact) mass is 727 g/mol. The molecule has 0 saturated heterocycles. The minimum atomic E-state index is 0.281. The second kappa shape index (κ2) is 28.6. The average Bonchev–Trinajstić information content (AvgIpc) is 3.05. The molecule has 0 fully saturated rings. The van der Waals surface area contributed by atoms with Gasteiger partial charge in [0, 0.05) is 39.6 Å². The molecular weight excluding hydrogens is 648 g/mol. The van der Waals surface area contributed by atoms with Crippen LogP contribution in [0, 0.1) is 35.5 Å². The van der Waals surface area contributed by atoms with E-state index >= 15 is 0 Å². The molecular formula is C39H78N6O6. The normalized spacial score (nSPS) is 12.1. The highest BCUT2D eigenvalue weighted by atomic mass is 16.5. The average molecular weight is 727 g/mol. The van der Waals surface area contributed by atoms with Crippen LogP contribution in [0.25, 0.3) is 0 Å². The summed E-state index contributed by atoms with van der Waals surface area (Å²) in [7, 11) is 0. The van der Waals surface area contributed by atoms with Gasteiger partial charge in [-0.05, 0) is 74.0 Å². The van der Waals surface area contributed by atoms with E-state index in [1.54, 1.807) is 0 Å². The Morgan fingerprint density at radius 1 is 0.314 bits per heavy atom. The Bertz CT molecular complexity index is 789. The summed E-state index contributed by atoms with van der Waals surface area (Å²) in [5.41, 5.74) is 0. The lowest BCUT2D eigenvalue weighted by Gasteiger charge is -2.29. The number of nitrogens with zero attached hydrogens (tertiary/aromatic N) is 6. The third-order valence-electron chi connectivity index (χ3n) is 7.97. The summed E-state index contributed by atoms with van der Waals surface area (Å²) in [6.45, 7) is 31.8. The van der Waals surface area contributed by atoms with Gasteiger partial charge in [-0.3, -0.25) is 14.7 Å². The fourth-order valence-electron chi connectivity index (χ4n) is 4.19. The fraction of sp³-hybridized carbons (Fsp3) is 0.923. The molecule has 0 unspecified atom stereocenters. The van der Waals surface area contributed by atoms with Crippen LogP contribution in [-0.4, -0.2) is 95.0 Å². The lowest BCUT2D eigenvalue weighted by atomic mass is 10.1. The molecule has 0 radical (unpaired) electrons. The Kier molecular flexibility index (Phi) is 26.5. The number of rotatable bonds is 33. The van der Waals surface area contributed by atoms with Crippen molar-refractivity contribution in [3.8, 4) is 0 Å². The van der Waals surface area contributed by atoms with Crippen molar-refractivity contribution >= 4 is 17.8 Å². The van der Waals surface area contributed by atoms with Crippen molar-refractivity contribution in [2.45, 2.75) is 122 Å². The lowest BCUT2D eigenvalue weighted by Crippen LogP contribution is -2.37. The molecule has 0 saturated carbocycles. The zero-order valence-electron chi connectivity index (χ0n) is 34.8. The van der Waals surface area contributed by atoms with E-state index in [-0.39, 0.29) is 40.4 Å². The van der Waals surface area contributed by atoms with Gasteiger partial charge >= 0.3 is 0 Å². The first-order valence-corrected chi connectivity index (χ1v) is 19.8. The molecule has 1 aromatic heterocycles. The van der Waals surface area contributed by atoms with E-state index in [9.17, 15) is 0 Å². The minimum absolute atomic E-state index is 0.281. The fourth-order valence-corrected chi connectivity index (χ4v) is 4.19. The summed E-state index contributed by atoms with van der Waals surface area (Å²) >= 11 is 0. The van der Waals surface area contributed by atoms with E-state index in [1.165, 1.54) is 0 Å². The smallest absolute Gasteiger partial charge is 0.235 e. The van der Waals surface area contributed by atoms with E-state index in [4.69, 9.17) is 43.4 Å². The number of hydrogen-bond donors (Lipinski definition) is 0. The standard InChI is InChI=1S/C39H78N6O6/c1-31(2)13-19-46-25-43(26-47-20-14-32(3)4)37-40-38(44(27-48-21-15-33(5)6)28-49-22-16-34(7)8)42-39(41-37)45(29-50-23-17-35(9)10)30-51-24-18-36(11)12/h31-36H,13-30H2,1-12H3. The first kappa shape index (κ1) is 47.2. The molecule has 0 aliphatic rings. The molecule has 0 aromatic carbocycles. The van der Waals surface area contributed by atoms with Crippen LogP contribution in [-0.2, 0) is 28.4 Å². The van der Waals surface area contributed by atoms with Crippen LogP contribution in [0.3, 0.4) is 0 Å². The molecule has 0 aliphatic heterocycles. The van der Waals surface area contributed by atoms with Crippen LogP contribution in [0.5, 0.6) is 0 Å². The van der Waals surface area contributed by atoms with Crippen molar-refractivity contribution in [2.24, 2.45) is 35.5 Å². The van der Waals surface area contributed by atoms with Crippen molar-refractivity contribution in [1.82, 2.24) is 15.0 Å².